The van der Waals surface area contributed by atoms with Crippen LogP contribution in [0.2, 0.25) is 0 Å². The van der Waals surface area contributed by atoms with E-state index in [4.69, 9.17) is 14.2 Å². The zero-order valence-electron chi connectivity index (χ0n) is 24.2. The second kappa shape index (κ2) is 10.6. The van der Waals surface area contributed by atoms with Crippen molar-refractivity contribution in [2.24, 2.45) is 45.8 Å². The van der Waals surface area contributed by atoms with Crippen molar-refractivity contribution in [1.29, 1.82) is 0 Å². The van der Waals surface area contributed by atoms with Crippen LogP contribution < -0.4 is 0 Å². The molecule has 4 unspecified atom stereocenters. The highest BCUT2D eigenvalue weighted by molar-refractivity contribution is 5.84. The summed E-state index contributed by atoms with van der Waals surface area (Å²) in [6.07, 6.45) is 13.7. The number of Topliss-reactive ketones (excluding diaryl/α,β-unsaturated/α-hetero) is 1. The number of hydrogen-bond donors (Lipinski definition) is 0. The fourth-order valence-corrected chi connectivity index (χ4v) is 10.2. The SMILES string of the molecule is CCOC(=O)CC[C@H](C)[C@H]1CCC2C3C(=O)C[C@]4(C)C[C@H](OC5CCCCO5)CC[C@]4(C)C3CC[C@@]21C. The number of ketones is 1. The molecular formula is C32H52O5. The van der Waals surface area contributed by atoms with Gasteiger partial charge in [0.15, 0.2) is 6.29 Å². The summed E-state index contributed by atoms with van der Waals surface area (Å²) in [5.74, 6) is 2.78. The highest BCUT2D eigenvalue weighted by Crippen LogP contribution is 2.70. The number of hydrogen-bond acceptors (Lipinski definition) is 5. The Morgan fingerprint density at radius 1 is 1.05 bits per heavy atom. The summed E-state index contributed by atoms with van der Waals surface area (Å²) >= 11 is 0. The molecule has 0 radical (unpaired) electrons. The molecule has 5 rings (SSSR count). The standard InChI is InChI=1S/C32H52O5/c1-6-35-27(34)13-10-21(2)23-11-12-24-29-25(15-16-31(23,24)4)32(5)17-14-22(19-30(32,3)20-26(29)33)37-28-9-7-8-18-36-28/h21-25,28-29H,6-20H2,1-5H3/t21-,22+,23+,24?,25?,28?,29?,30-,31+,32+/m0/s1. The lowest BCUT2D eigenvalue weighted by atomic mass is 9.40. The molecule has 0 amide bonds. The molecule has 1 aliphatic heterocycles. The molecule has 0 aromatic rings. The lowest BCUT2D eigenvalue weighted by Crippen LogP contribution is -2.61. The van der Waals surface area contributed by atoms with Crippen molar-refractivity contribution >= 4 is 11.8 Å². The van der Waals surface area contributed by atoms with E-state index < -0.39 is 0 Å². The van der Waals surface area contributed by atoms with E-state index in [1.165, 1.54) is 32.1 Å². The molecule has 10 atom stereocenters. The Kier molecular flexibility index (Phi) is 7.88. The normalized spacial score (nSPS) is 46.5. The largest absolute Gasteiger partial charge is 0.466 e. The van der Waals surface area contributed by atoms with Crippen LogP contribution in [0.4, 0.5) is 0 Å². The van der Waals surface area contributed by atoms with Crippen molar-refractivity contribution in [2.45, 2.75) is 130 Å². The van der Waals surface area contributed by atoms with Crippen LogP contribution in [0.3, 0.4) is 0 Å². The monoisotopic (exact) mass is 516 g/mol. The lowest BCUT2D eigenvalue weighted by Gasteiger charge is -2.64. The van der Waals surface area contributed by atoms with Gasteiger partial charge in [0.25, 0.3) is 0 Å². The van der Waals surface area contributed by atoms with Gasteiger partial charge < -0.3 is 14.2 Å². The van der Waals surface area contributed by atoms with Gasteiger partial charge in [-0.15, -0.1) is 0 Å². The number of fused-ring (bicyclic) bond motifs is 5. The van der Waals surface area contributed by atoms with Gasteiger partial charge in [-0.3, -0.25) is 9.59 Å². The Morgan fingerprint density at radius 3 is 2.59 bits per heavy atom. The van der Waals surface area contributed by atoms with E-state index in [-0.39, 0.29) is 40.5 Å². The van der Waals surface area contributed by atoms with E-state index in [1.807, 2.05) is 6.92 Å². The smallest absolute Gasteiger partial charge is 0.305 e. The van der Waals surface area contributed by atoms with E-state index >= 15 is 0 Å². The molecule has 0 spiro atoms. The lowest BCUT2D eigenvalue weighted by molar-refractivity contribution is -0.225. The van der Waals surface area contributed by atoms with Crippen LogP contribution in [-0.2, 0) is 23.8 Å². The summed E-state index contributed by atoms with van der Waals surface area (Å²) in [6, 6.07) is 0. The average Bonchev–Trinajstić information content (AvgIpc) is 3.21. The van der Waals surface area contributed by atoms with E-state index in [9.17, 15) is 9.59 Å². The van der Waals surface area contributed by atoms with Gasteiger partial charge in [-0.1, -0.05) is 27.7 Å². The van der Waals surface area contributed by atoms with Crippen molar-refractivity contribution in [3.63, 3.8) is 0 Å². The first kappa shape index (κ1) is 27.6. The zero-order chi connectivity index (χ0) is 26.4. The van der Waals surface area contributed by atoms with Crippen molar-refractivity contribution in [3.8, 4) is 0 Å². The zero-order valence-corrected chi connectivity index (χ0v) is 24.2. The summed E-state index contributed by atoms with van der Waals surface area (Å²) in [7, 11) is 0. The predicted octanol–water partition coefficient (Wildman–Crippen LogP) is 7.11. The first-order valence-corrected chi connectivity index (χ1v) is 15.6. The predicted molar refractivity (Wildman–Crippen MR) is 144 cm³/mol. The third-order valence-electron chi connectivity index (χ3n) is 12.4. The number of esters is 1. The van der Waals surface area contributed by atoms with Crippen molar-refractivity contribution in [1.82, 2.24) is 0 Å². The number of rotatable bonds is 7. The first-order chi connectivity index (χ1) is 17.6. The summed E-state index contributed by atoms with van der Waals surface area (Å²) in [6.45, 7) is 12.9. The maximum absolute atomic E-state index is 14.0. The molecule has 37 heavy (non-hydrogen) atoms. The molecule has 1 heterocycles. The Balaban J connectivity index is 1.28. The molecule has 4 saturated carbocycles. The topological polar surface area (TPSA) is 61.8 Å². The minimum absolute atomic E-state index is 0.0154. The summed E-state index contributed by atoms with van der Waals surface area (Å²) in [4.78, 5) is 26.1. The molecule has 0 aromatic heterocycles. The quantitative estimate of drug-likeness (QED) is 0.267. The van der Waals surface area contributed by atoms with Gasteiger partial charge in [-0.05, 0) is 117 Å². The van der Waals surface area contributed by atoms with E-state index in [0.29, 0.717) is 48.9 Å². The third-order valence-corrected chi connectivity index (χ3v) is 12.4. The van der Waals surface area contributed by atoms with Gasteiger partial charge in [-0.25, -0.2) is 0 Å². The first-order valence-electron chi connectivity index (χ1n) is 15.6. The molecule has 0 N–H and O–H groups in total. The molecule has 5 nitrogen and oxygen atoms in total. The van der Waals surface area contributed by atoms with E-state index in [2.05, 4.69) is 27.7 Å². The maximum Gasteiger partial charge on any atom is 0.305 e. The van der Waals surface area contributed by atoms with Gasteiger partial charge in [0.2, 0.25) is 0 Å². The molecule has 5 aliphatic rings. The van der Waals surface area contributed by atoms with E-state index in [0.717, 1.165) is 45.1 Å². The van der Waals surface area contributed by atoms with Gasteiger partial charge in [-0.2, -0.15) is 0 Å². The highest BCUT2D eigenvalue weighted by atomic mass is 16.7. The van der Waals surface area contributed by atoms with Gasteiger partial charge in [0.1, 0.15) is 5.78 Å². The van der Waals surface area contributed by atoms with Crippen molar-refractivity contribution in [3.05, 3.63) is 0 Å². The highest BCUT2D eigenvalue weighted by Gasteiger charge is 2.66. The average molecular weight is 517 g/mol. The summed E-state index contributed by atoms with van der Waals surface area (Å²) in [5.41, 5.74) is 0.433. The third kappa shape index (κ3) is 4.83. The molecule has 5 heteroatoms. The van der Waals surface area contributed by atoms with E-state index in [1.54, 1.807) is 0 Å². The van der Waals surface area contributed by atoms with Crippen LogP contribution >= 0.6 is 0 Å². The minimum atomic E-state index is -0.0675. The van der Waals surface area contributed by atoms with Crippen LogP contribution in [0.15, 0.2) is 0 Å². The van der Waals surface area contributed by atoms with Gasteiger partial charge in [0.05, 0.1) is 12.7 Å². The molecule has 210 valence electrons. The molecule has 0 bridgehead atoms. The Labute approximate surface area is 225 Å². The number of carbonyl (C=O) groups excluding carboxylic acids is 2. The summed E-state index contributed by atoms with van der Waals surface area (Å²) < 4.78 is 17.6. The second-order valence-corrected chi connectivity index (χ2v) is 14.2. The van der Waals surface area contributed by atoms with Crippen LogP contribution in [0.1, 0.15) is 118 Å². The Bertz CT molecular complexity index is 850. The Hall–Kier alpha value is -0.940. The van der Waals surface area contributed by atoms with Gasteiger partial charge in [0, 0.05) is 25.4 Å². The summed E-state index contributed by atoms with van der Waals surface area (Å²) in [5, 5.41) is 0. The van der Waals surface area contributed by atoms with Crippen LogP contribution in [0, 0.1) is 45.8 Å². The Morgan fingerprint density at radius 2 is 1.86 bits per heavy atom. The van der Waals surface area contributed by atoms with Crippen LogP contribution in [0.25, 0.3) is 0 Å². The van der Waals surface area contributed by atoms with Crippen LogP contribution in [-0.4, -0.2) is 37.4 Å². The van der Waals surface area contributed by atoms with Crippen LogP contribution in [0.5, 0.6) is 0 Å². The number of carbonyl (C=O) groups is 2. The van der Waals surface area contributed by atoms with Crippen molar-refractivity contribution in [2.75, 3.05) is 13.2 Å². The minimum Gasteiger partial charge on any atom is -0.466 e. The fraction of sp³-hybridized carbons (Fsp3) is 0.938. The van der Waals surface area contributed by atoms with Crippen molar-refractivity contribution < 1.29 is 23.8 Å². The molecule has 4 aliphatic carbocycles. The maximum atomic E-state index is 14.0. The fourth-order valence-electron chi connectivity index (χ4n) is 10.2. The molecule has 5 fully saturated rings. The molecular weight excluding hydrogens is 464 g/mol. The second-order valence-electron chi connectivity index (χ2n) is 14.2. The van der Waals surface area contributed by atoms with Gasteiger partial charge >= 0.3 is 5.97 Å². The number of ether oxygens (including phenoxy) is 3. The molecule has 1 saturated heterocycles. The molecule has 0 aromatic carbocycles.